The number of amides is 1. The van der Waals surface area contributed by atoms with E-state index in [0.717, 1.165) is 42.9 Å². The number of hydrogen-bond donors (Lipinski definition) is 1. The molecule has 156 valence electrons. The molecule has 30 heavy (non-hydrogen) atoms. The number of methoxy groups -OCH3 is 1. The summed E-state index contributed by atoms with van der Waals surface area (Å²) in [7, 11) is 1.66. The van der Waals surface area contributed by atoms with Gasteiger partial charge in [-0.25, -0.2) is 0 Å². The molecule has 4 rings (SSSR count). The van der Waals surface area contributed by atoms with Gasteiger partial charge in [-0.1, -0.05) is 18.2 Å². The molecule has 0 spiro atoms. The van der Waals surface area contributed by atoms with Crippen LogP contribution in [0.15, 0.2) is 59.2 Å². The van der Waals surface area contributed by atoms with Gasteiger partial charge in [0.2, 0.25) is 5.91 Å². The number of anilines is 1. The topological polar surface area (TPSA) is 80.5 Å². The van der Waals surface area contributed by atoms with Gasteiger partial charge >= 0.3 is 0 Å². The fourth-order valence-electron chi connectivity index (χ4n) is 3.82. The van der Waals surface area contributed by atoms with Crippen LogP contribution in [0.25, 0.3) is 11.5 Å². The van der Waals surface area contributed by atoms with Crippen molar-refractivity contribution in [2.75, 3.05) is 31.6 Å². The highest BCUT2D eigenvalue weighted by molar-refractivity contribution is 5.79. The van der Waals surface area contributed by atoms with Crippen molar-refractivity contribution in [1.82, 2.24) is 15.5 Å². The molecule has 0 radical (unpaired) electrons. The molecule has 2 aromatic heterocycles. The molecule has 0 aliphatic carbocycles. The highest BCUT2D eigenvalue weighted by atomic mass is 16.5. The molecule has 1 atom stereocenters. The smallest absolute Gasteiger partial charge is 0.224 e. The van der Waals surface area contributed by atoms with E-state index in [0.29, 0.717) is 24.5 Å². The van der Waals surface area contributed by atoms with Crippen LogP contribution < -0.4 is 15.0 Å². The van der Waals surface area contributed by atoms with Crippen LogP contribution in [-0.2, 0) is 11.2 Å². The molecule has 7 heteroatoms. The maximum Gasteiger partial charge on any atom is 0.224 e. The minimum Gasteiger partial charge on any atom is -0.496 e. The third-order valence-electron chi connectivity index (χ3n) is 5.43. The van der Waals surface area contributed by atoms with E-state index < -0.39 is 0 Å². The fraction of sp³-hybridized carbons (Fsp3) is 0.348. The van der Waals surface area contributed by atoms with E-state index in [1.807, 2.05) is 48.5 Å². The van der Waals surface area contributed by atoms with Gasteiger partial charge in [0.25, 0.3) is 0 Å². The minimum absolute atomic E-state index is 0.0528. The number of carbonyl (C=O) groups excluding carboxylic acids is 1. The van der Waals surface area contributed by atoms with Crippen LogP contribution in [0, 0.1) is 5.92 Å². The van der Waals surface area contributed by atoms with Crippen molar-refractivity contribution in [2.24, 2.45) is 5.92 Å². The molecule has 1 aromatic carbocycles. The first-order valence-electron chi connectivity index (χ1n) is 10.3. The molecule has 1 aliphatic rings. The van der Waals surface area contributed by atoms with Crippen molar-refractivity contribution < 1.29 is 13.9 Å². The van der Waals surface area contributed by atoms with Gasteiger partial charge in [-0.05, 0) is 55.2 Å². The average molecular weight is 406 g/mol. The van der Waals surface area contributed by atoms with E-state index in [4.69, 9.17) is 9.15 Å². The number of furan rings is 1. The Labute approximate surface area is 176 Å². The number of carbonyl (C=O) groups is 1. The molecular weight excluding hydrogens is 380 g/mol. The number of para-hydroxylation sites is 1. The Bertz CT molecular complexity index is 957. The SMILES string of the molecule is COc1ccccc1CCNC(=O)C1CCCN(c2ccc(-c3ccco3)nn2)C1. The van der Waals surface area contributed by atoms with Crippen LogP contribution in [0.3, 0.4) is 0 Å². The third-order valence-corrected chi connectivity index (χ3v) is 5.43. The summed E-state index contributed by atoms with van der Waals surface area (Å²) in [5.41, 5.74) is 1.80. The monoisotopic (exact) mass is 406 g/mol. The Balaban J connectivity index is 1.31. The summed E-state index contributed by atoms with van der Waals surface area (Å²) < 4.78 is 10.7. The lowest BCUT2D eigenvalue weighted by Gasteiger charge is -2.32. The number of nitrogens with zero attached hydrogens (tertiary/aromatic N) is 3. The maximum absolute atomic E-state index is 12.7. The van der Waals surface area contributed by atoms with Crippen LogP contribution >= 0.6 is 0 Å². The molecular formula is C23H26N4O3. The summed E-state index contributed by atoms with van der Waals surface area (Å²) in [6.07, 6.45) is 4.19. The van der Waals surface area contributed by atoms with Crippen molar-refractivity contribution in [3.05, 3.63) is 60.4 Å². The first-order chi connectivity index (χ1) is 14.7. The summed E-state index contributed by atoms with van der Waals surface area (Å²) in [4.78, 5) is 14.8. The zero-order chi connectivity index (χ0) is 20.8. The lowest BCUT2D eigenvalue weighted by Crippen LogP contribution is -2.43. The normalized spacial score (nSPS) is 16.3. The van der Waals surface area contributed by atoms with E-state index in [9.17, 15) is 4.79 Å². The third kappa shape index (κ3) is 4.62. The lowest BCUT2D eigenvalue weighted by molar-refractivity contribution is -0.125. The summed E-state index contributed by atoms with van der Waals surface area (Å²) in [5.74, 6) is 2.38. The van der Waals surface area contributed by atoms with Gasteiger partial charge in [-0.2, -0.15) is 0 Å². The van der Waals surface area contributed by atoms with Gasteiger partial charge in [-0.15, -0.1) is 10.2 Å². The molecule has 1 fully saturated rings. The van der Waals surface area contributed by atoms with Gasteiger partial charge in [0, 0.05) is 19.6 Å². The van der Waals surface area contributed by atoms with Crippen molar-refractivity contribution in [3.63, 3.8) is 0 Å². The van der Waals surface area contributed by atoms with Crippen molar-refractivity contribution in [3.8, 4) is 17.2 Å². The Kier molecular flexibility index (Phi) is 6.27. The van der Waals surface area contributed by atoms with Gasteiger partial charge in [0.05, 0.1) is 19.3 Å². The number of rotatable bonds is 7. The van der Waals surface area contributed by atoms with E-state index in [-0.39, 0.29) is 11.8 Å². The second-order valence-electron chi connectivity index (χ2n) is 7.39. The second kappa shape index (κ2) is 9.43. The van der Waals surface area contributed by atoms with Crippen LogP contribution in [0.1, 0.15) is 18.4 Å². The van der Waals surface area contributed by atoms with Crippen LogP contribution in [0.2, 0.25) is 0 Å². The number of nitrogens with one attached hydrogen (secondary N) is 1. The molecule has 1 unspecified atom stereocenters. The van der Waals surface area contributed by atoms with Gasteiger partial charge in [0.1, 0.15) is 11.4 Å². The van der Waals surface area contributed by atoms with Gasteiger partial charge < -0.3 is 19.4 Å². The maximum atomic E-state index is 12.7. The van der Waals surface area contributed by atoms with Crippen molar-refractivity contribution in [1.29, 1.82) is 0 Å². The Morgan fingerprint density at radius 2 is 2.10 bits per heavy atom. The Morgan fingerprint density at radius 1 is 1.20 bits per heavy atom. The first kappa shape index (κ1) is 19.9. The number of piperidine rings is 1. The van der Waals surface area contributed by atoms with Crippen molar-refractivity contribution >= 4 is 11.7 Å². The second-order valence-corrected chi connectivity index (χ2v) is 7.39. The number of benzene rings is 1. The zero-order valence-corrected chi connectivity index (χ0v) is 17.1. The zero-order valence-electron chi connectivity index (χ0n) is 17.1. The summed E-state index contributed by atoms with van der Waals surface area (Å²) in [6.45, 7) is 2.11. The number of aromatic nitrogens is 2. The molecule has 1 saturated heterocycles. The largest absolute Gasteiger partial charge is 0.496 e. The molecule has 7 nitrogen and oxygen atoms in total. The highest BCUT2D eigenvalue weighted by Gasteiger charge is 2.26. The molecule has 1 aliphatic heterocycles. The van der Waals surface area contributed by atoms with E-state index >= 15 is 0 Å². The van der Waals surface area contributed by atoms with Crippen molar-refractivity contribution in [2.45, 2.75) is 19.3 Å². The summed E-state index contributed by atoms with van der Waals surface area (Å²) in [6, 6.07) is 15.4. The van der Waals surface area contributed by atoms with Crippen LogP contribution in [0.4, 0.5) is 5.82 Å². The van der Waals surface area contributed by atoms with Gasteiger partial charge in [-0.3, -0.25) is 4.79 Å². The van der Waals surface area contributed by atoms with Crippen LogP contribution in [0.5, 0.6) is 5.75 Å². The average Bonchev–Trinajstić information content (AvgIpc) is 3.34. The number of hydrogen-bond acceptors (Lipinski definition) is 6. The summed E-state index contributed by atoms with van der Waals surface area (Å²) in [5, 5.41) is 11.7. The summed E-state index contributed by atoms with van der Waals surface area (Å²) >= 11 is 0. The van der Waals surface area contributed by atoms with Gasteiger partial charge in [0.15, 0.2) is 11.6 Å². The first-order valence-corrected chi connectivity index (χ1v) is 10.3. The van der Waals surface area contributed by atoms with Crippen LogP contribution in [-0.4, -0.2) is 42.8 Å². The number of ether oxygens (including phenoxy) is 1. The highest BCUT2D eigenvalue weighted by Crippen LogP contribution is 2.24. The molecule has 1 N–H and O–H groups in total. The standard InChI is InChI=1S/C23H26N4O3/c1-29-20-8-3-2-6-17(20)12-13-24-23(28)18-7-4-14-27(16-18)22-11-10-19(25-26-22)21-9-5-15-30-21/h2-3,5-6,8-11,15,18H,4,7,12-14,16H2,1H3,(H,24,28). The predicted molar refractivity (Wildman–Crippen MR) is 114 cm³/mol. The Hall–Kier alpha value is -3.35. The molecule has 0 bridgehead atoms. The fourth-order valence-corrected chi connectivity index (χ4v) is 3.82. The van der Waals surface area contributed by atoms with E-state index in [1.54, 1.807) is 13.4 Å². The molecule has 0 saturated carbocycles. The lowest BCUT2D eigenvalue weighted by atomic mass is 9.97. The van der Waals surface area contributed by atoms with E-state index in [1.165, 1.54) is 0 Å². The predicted octanol–water partition coefficient (Wildman–Crippen LogP) is 3.32. The Morgan fingerprint density at radius 3 is 2.87 bits per heavy atom. The minimum atomic E-state index is -0.0528. The van der Waals surface area contributed by atoms with E-state index in [2.05, 4.69) is 20.4 Å². The molecule has 1 amide bonds. The molecule has 3 heterocycles. The molecule has 3 aromatic rings. The quantitative estimate of drug-likeness (QED) is 0.648.